The van der Waals surface area contributed by atoms with E-state index in [-0.39, 0.29) is 5.60 Å². The van der Waals surface area contributed by atoms with Crippen LogP contribution in [0.2, 0.25) is 0 Å². The number of alkyl halides is 2. The van der Waals surface area contributed by atoms with Gasteiger partial charge < -0.3 is 9.47 Å². The number of benzene rings is 1. The summed E-state index contributed by atoms with van der Waals surface area (Å²) in [6.45, 7) is 3.76. The normalized spacial score (nSPS) is 20.0. The summed E-state index contributed by atoms with van der Waals surface area (Å²) in [5.74, 6) is 1.01. The van der Waals surface area contributed by atoms with Crippen molar-refractivity contribution < 1.29 is 9.47 Å². The second-order valence-corrected chi connectivity index (χ2v) is 7.62. The molecule has 128 valence electrons. The van der Waals surface area contributed by atoms with Crippen LogP contribution in [0, 0.1) is 0 Å². The molecule has 0 saturated heterocycles. The number of ether oxygens (including phenoxy) is 2. The van der Waals surface area contributed by atoms with Gasteiger partial charge >= 0.3 is 0 Å². The van der Waals surface area contributed by atoms with E-state index in [1.54, 1.807) is 0 Å². The highest BCUT2D eigenvalue weighted by Crippen LogP contribution is 2.40. The molecule has 1 aromatic rings. The van der Waals surface area contributed by atoms with Crippen molar-refractivity contribution in [3.63, 3.8) is 0 Å². The molecule has 0 spiro atoms. The summed E-state index contributed by atoms with van der Waals surface area (Å²) in [5.41, 5.74) is 2.18. The van der Waals surface area contributed by atoms with Crippen LogP contribution in [-0.4, -0.2) is 23.9 Å². The van der Waals surface area contributed by atoms with Crippen molar-refractivity contribution >= 4 is 37.6 Å². The largest absolute Gasteiger partial charge is 0.493 e. The fourth-order valence-electron chi connectivity index (χ4n) is 2.81. The van der Waals surface area contributed by atoms with Gasteiger partial charge in [0.2, 0.25) is 0 Å². The van der Waals surface area contributed by atoms with E-state index in [4.69, 9.17) is 9.47 Å². The van der Waals surface area contributed by atoms with Crippen molar-refractivity contribution in [2.24, 2.45) is 0 Å². The molecule has 1 atom stereocenters. The molecule has 0 saturated carbocycles. The number of hydrogen-bond acceptors (Lipinski definition) is 2. The predicted octanol–water partition coefficient (Wildman–Crippen LogP) is 6.03. The lowest BCUT2D eigenvalue weighted by molar-refractivity contribution is -0.0373. The average Bonchev–Trinajstić information content (AvgIpc) is 2.58. The summed E-state index contributed by atoms with van der Waals surface area (Å²) >= 11 is 6.93. The van der Waals surface area contributed by atoms with Crippen LogP contribution in [0.4, 0.5) is 0 Å². The molecule has 1 aromatic carbocycles. The molecule has 2 nitrogen and oxygen atoms in total. The molecule has 0 radical (unpaired) electrons. The van der Waals surface area contributed by atoms with Crippen molar-refractivity contribution in [2.45, 2.75) is 44.6 Å². The zero-order valence-corrected chi connectivity index (χ0v) is 17.0. The molecule has 0 amide bonds. The summed E-state index contributed by atoms with van der Waals surface area (Å²) in [5, 5.41) is 2.07. The van der Waals surface area contributed by atoms with Gasteiger partial charge in [-0.15, -0.1) is 0 Å². The minimum atomic E-state index is -0.244. The summed E-state index contributed by atoms with van der Waals surface area (Å²) < 4.78 is 12.3. The number of hydrogen-bond donors (Lipinski definition) is 0. The molecule has 1 aliphatic carbocycles. The van der Waals surface area contributed by atoms with Gasteiger partial charge in [-0.05, 0) is 44.2 Å². The Hall–Kier alpha value is -0.320. The molecule has 0 N–H and O–H groups in total. The Morgan fingerprint density at radius 2 is 1.70 bits per heavy atom. The maximum absolute atomic E-state index is 6.26. The van der Waals surface area contributed by atoms with Crippen LogP contribution < -0.4 is 0 Å². The van der Waals surface area contributed by atoms with Crippen LogP contribution in [0.3, 0.4) is 0 Å². The quantitative estimate of drug-likeness (QED) is 0.323. The molecule has 23 heavy (non-hydrogen) atoms. The molecule has 1 aliphatic rings. The van der Waals surface area contributed by atoms with Crippen LogP contribution >= 0.6 is 31.9 Å². The first kappa shape index (κ1) is 19.0. The molecular formula is C19H26Br2O2. The molecule has 0 fully saturated rings. The third kappa shape index (κ3) is 5.33. The van der Waals surface area contributed by atoms with E-state index in [0.717, 1.165) is 61.7 Å². The first-order chi connectivity index (χ1) is 11.2. The molecule has 0 aliphatic heterocycles. The first-order valence-electron chi connectivity index (χ1n) is 8.40. The molecule has 2 rings (SSSR count). The Labute approximate surface area is 156 Å². The van der Waals surface area contributed by atoms with Crippen molar-refractivity contribution in [1.82, 2.24) is 0 Å². The fourth-order valence-corrected chi connectivity index (χ4v) is 3.61. The van der Waals surface area contributed by atoms with Gasteiger partial charge in [0.15, 0.2) is 0 Å². The lowest BCUT2D eigenvalue weighted by Crippen LogP contribution is -2.30. The molecule has 4 heteroatoms. The van der Waals surface area contributed by atoms with Gasteiger partial charge in [-0.2, -0.15) is 0 Å². The van der Waals surface area contributed by atoms with Gasteiger partial charge in [-0.3, -0.25) is 0 Å². The van der Waals surface area contributed by atoms with Crippen molar-refractivity contribution in [1.29, 1.82) is 0 Å². The lowest BCUT2D eigenvalue weighted by atomic mass is 9.83. The fraction of sp³-hybridized carbons (Fsp3) is 0.579. The lowest BCUT2D eigenvalue weighted by Gasteiger charge is -2.35. The van der Waals surface area contributed by atoms with E-state index in [9.17, 15) is 0 Å². The number of halogens is 2. The van der Waals surface area contributed by atoms with E-state index < -0.39 is 0 Å². The zero-order valence-electron chi connectivity index (χ0n) is 13.8. The van der Waals surface area contributed by atoms with Gasteiger partial charge in [0.1, 0.15) is 5.76 Å². The molecule has 0 heterocycles. The summed E-state index contributed by atoms with van der Waals surface area (Å²) in [7, 11) is 0. The van der Waals surface area contributed by atoms with E-state index in [1.165, 1.54) is 11.1 Å². The summed E-state index contributed by atoms with van der Waals surface area (Å²) in [4.78, 5) is 0. The maximum Gasteiger partial charge on any atom is 0.123 e. The van der Waals surface area contributed by atoms with Gasteiger partial charge in [-0.1, -0.05) is 56.1 Å². The van der Waals surface area contributed by atoms with Crippen LogP contribution in [0.5, 0.6) is 0 Å². The minimum absolute atomic E-state index is 0.244. The highest BCUT2D eigenvalue weighted by atomic mass is 79.9. The SMILES string of the molecule is CC1(OCCCCBr)CC=C(OCCCCBr)c2ccccc21. The van der Waals surface area contributed by atoms with Gasteiger partial charge in [0.05, 0.1) is 12.2 Å². The van der Waals surface area contributed by atoms with Gasteiger partial charge in [0.25, 0.3) is 0 Å². The van der Waals surface area contributed by atoms with Crippen molar-refractivity contribution in [3.05, 3.63) is 41.5 Å². The summed E-state index contributed by atoms with van der Waals surface area (Å²) in [6, 6.07) is 8.48. The smallest absolute Gasteiger partial charge is 0.123 e. The Bertz CT molecular complexity index is 516. The van der Waals surface area contributed by atoms with Crippen LogP contribution in [0.1, 0.15) is 50.2 Å². The van der Waals surface area contributed by atoms with Crippen molar-refractivity contribution in [2.75, 3.05) is 23.9 Å². The Morgan fingerprint density at radius 1 is 1.00 bits per heavy atom. The van der Waals surface area contributed by atoms with E-state index in [2.05, 4.69) is 69.1 Å². The standard InChI is InChI=1S/C19H26Br2O2/c1-19(23-15-7-5-13-21)11-10-18(22-14-6-4-12-20)16-8-2-3-9-17(16)19/h2-3,8-10H,4-7,11-15H2,1H3. The third-order valence-electron chi connectivity index (χ3n) is 4.17. The number of rotatable bonds is 10. The number of unbranched alkanes of at least 4 members (excludes halogenated alkanes) is 2. The average molecular weight is 446 g/mol. The van der Waals surface area contributed by atoms with Gasteiger partial charge in [0, 0.05) is 29.3 Å². The van der Waals surface area contributed by atoms with Crippen LogP contribution in [0.25, 0.3) is 5.76 Å². The van der Waals surface area contributed by atoms with Crippen molar-refractivity contribution in [3.8, 4) is 0 Å². The summed E-state index contributed by atoms with van der Waals surface area (Å²) in [6.07, 6.45) is 7.51. The minimum Gasteiger partial charge on any atom is -0.493 e. The van der Waals surface area contributed by atoms with Gasteiger partial charge in [-0.25, -0.2) is 0 Å². The van der Waals surface area contributed by atoms with E-state index >= 15 is 0 Å². The third-order valence-corrected chi connectivity index (χ3v) is 5.29. The first-order valence-corrected chi connectivity index (χ1v) is 10.6. The van der Waals surface area contributed by atoms with E-state index in [0.29, 0.717) is 0 Å². The molecular weight excluding hydrogens is 420 g/mol. The highest BCUT2D eigenvalue weighted by molar-refractivity contribution is 9.09. The number of fused-ring (bicyclic) bond motifs is 1. The molecule has 0 bridgehead atoms. The highest BCUT2D eigenvalue weighted by Gasteiger charge is 2.33. The maximum atomic E-state index is 6.26. The topological polar surface area (TPSA) is 18.5 Å². The molecule has 1 unspecified atom stereocenters. The zero-order chi connectivity index (χ0) is 16.5. The van der Waals surface area contributed by atoms with Crippen LogP contribution in [-0.2, 0) is 15.1 Å². The Kier molecular flexibility index (Phi) is 8.14. The second kappa shape index (κ2) is 9.85. The monoisotopic (exact) mass is 444 g/mol. The second-order valence-electron chi connectivity index (χ2n) is 6.04. The Morgan fingerprint density at radius 3 is 2.43 bits per heavy atom. The predicted molar refractivity (Wildman–Crippen MR) is 104 cm³/mol. The van der Waals surface area contributed by atoms with Crippen LogP contribution in [0.15, 0.2) is 30.3 Å². The molecule has 0 aromatic heterocycles. The van der Waals surface area contributed by atoms with E-state index in [1.807, 2.05) is 0 Å². The Balaban J connectivity index is 2.05.